The Morgan fingerprint density at radius 1 is 1.23 bits per heavy atom. The number of fused-ring (bicyclic) bond motifs is 1. The van der Waals surface area contributed by atoms with Crippen molar-refractivity contribution in [1.29, 1.82) is 0 Å². The van der Waals surface area contributed by atoms with Crippen molar-refractivity contribution in [2.45, 2.75) is 38.9 Å². The predicted octanol–water partition coefficient (Wildman–Crippen LogP) is 2.78. The third-order valence-corrected chi connectivity index (χ3v) is 4.13. The molecule has 1 N–H and O–H groups in total. The average molecular weight is 301 g/mol. The van der Waals surface area contributed by atoms with Crippen LogP contribution in [-0.4, -0.2) is 29.0 Å². The molecule has 1 aromatic carbocycles. The summed E-state index contributed by atoms with van der Waals surface area (Å²) in [5.74, 6) is 1.73. The van der Waals surface area contributed by atoms with Crippen LogP contribution >= 0.6 is 0 Å². The third kappa shape index (κ3) is 3.25. The molecule has 22 heavy (non-hydrogen) atoms. The van der Waals surface area contributed by atoms with Gasteiger partial charge in [-0.15, -0.1) is 0 Å². The van der Waals surface area contributed by atoms with Gasteiger partial charge in [-0.3, -0.25) is 4.68 Å². The molecule has 0 amide bonds. The predicted molar refractivity (Wildman–Crippen MR) is 85.3 cm³/mol. The summed E-state index contributed by atoms with van der Waals surface area (Å²) in [5.41, 5.74) is 1.14. The lowest BCUT2D eigenvalue weighted by Gasteiger charge is -2.22. The molecule has 1 aromatic heterocycles. The highest BCUT2D eigenvalue weighted by Gasteiger charge is 2.17. The van der Waals surface area contributed by atoms with E-state index in [1.807, 2.05) is 35.3 Å². The van der Waals surface area contributed by atoms with E-state index in [4.69, 9.17) is 9.47 Å². The van der Waals surface area contributed by atoms with Gasteiger partial charge in [-0.2, -0.15) is 5.10 Å². The van der Waals surface area contributed by atoms with E-state index in [-0.39, 0.29) is 6.04 Å². The molecule has 2 atom stereocenters. The van der Waals surface area contributed by atoms with Crippen LogP contribution in [0.4, 0.5) is 0 Å². The van der Waals surface area contributed by atoms with Gasteiger partial charge in [0.15, 0.2) is 11.5 Å². The smallest absolute Gasteiger partial charge is 0.165 e. The van der Waals surface area contributed by atoms with E-state index in [1.54, 1.807) is 0 Å². The van der Waals surface area contributed by atoms with Gasteiger partial charge in [-0.25, -0.2) is 0 Å². The Kier molecular flexibility index (Phi) is 4.63. The molecule has 0 radical (unpaired) electrons. The minimum absolute atomic E-state index is 0.287. The summed E-state index contributed by atoms with van der Waals surface area (Å²) in [6, 6.07) is 8.61. The highest BCUT2D eigenvalue weighted by Crippen LogP contribution is 2.33. The van der Waals surface area contributed by atoms with Crippen LogP contribution in [0.1, 0.15) is 31.9 Å². The molecule has 5 heteroatoms. The minimum Gasteiger partial charge on any atom is -0.490 e. The van der Waals surface area contributed by atoms with E-state index in [1.165, 1.54) is 0 Å². The highest BCUT2D eigenvalue weighted by molar-refractivity contribution is 5.47. The second-order valence-electron chi connectivity index (χ2n) is 5.69. The fourth-order valence-electron chi connectivity index (χ4n) is 2.59. The molecule has 2 aromatic rings. The van der Waals surface area contributed by atoms with Gasteiger partial charge in [0.1, 0.15) is 0 Å². The number of nitrogens with one attached hydrogen (secondary N) is 1. The van der Waals surface area contributed by atoms with E-state index >= 15 is 0 Å². The minimum atomic E-state index is 0.287. The summed E-state index contributed by atoms with van der Waals surface area (Å²) in [5, 5.41) is 7.87. The summed E-state index contributed by atoms with van der Waals surface area (Å²) in [4.78, 5) is 0. The molecule has 0 saturated heterocycles. The molecule has 0 spiro atoms. The average Bonchev–Trinajstić information content (AvgIpc) is 2.96. The molecule has 0 aliphatic carbocycles. The zero-order chi connectivity index (χ0) is 15.4. The summed E-state index contributed by atoms with van der Waals surface area (Å²) < 4.78 is 13.6. The number of para-hydroxylation sites is 1. The monoisotopic (exact) mass is 301 g/mol. The number of benzene rings is 1. The Hall–Kier alpha value is -2.01. The van der Waals surface area contributed by atoms with Crippen molar-refractivity contribution in [2.24, 2.45) is 0 Å². The van der Waals surface area contributed by atoms with Crippen LogP contribution in [0, 0.1) is 0 Å². The molecule has 2 heterocycles. The van der Waals surface area contributed by atoms with Crippen molar-refractivity contribution in [2.75, 3.05) is 13.2 Å². The first-order valence-electron chi connectivity index (χ1n) is 7.85. The van der Waals surface area contributed by atoms with Gasteiger partial charge < -0.3 is 14.8 Å². The van der Waals surface area contributed by atoms with Gasteiger partial charge in [-0.1, -0.05) is 12.1 Å². The molecule has 3 rings (SSSR count). The second kappa shape index (κ2) is 6.83. The van der Waals surface area contributed by atoms with E-state index in [0.717, 1.165) is 36.6 Å². The highest BCUT2D eigenvalue weighted by atomic mass is 16.5. The Bertz CT molecular complexity index is 598. The molecule has 1 aliphatic heterocycles. The summed E-state index contributed by atoms with van der Waals surface area (Å²) >= 11 is 0. The fourth-order valence-corrected chi connectivity index (χ4v) is 2.59. The molecule has 0 fully saturated rings. The normalized spacial score (nSPS) is 16.8. The van der Waals surface area contributed by atoms with Crippen LogP contribution in [0.15, 0.2) is 36.7 Å². The topological polar surface area (TPSA) is 48.3 Å². The van der Waals surface area contributed by atoms with Crippen molar-refractivity contribution >= 4 is 0 Å². The van der Waals surface area contributed by atoms with E-state index in [0.29, 0.717) is 12.6 Å². The quantitative estimate of drug-likeness (QED) is 0.922. The number of hydrogen-bond donors (Lipinski definition) is 1. The van der Waals surface area contributed by atoms with Crippen molar-refractivity contribution in [3.63, 3.8) is 0 Å². The first kappa shape index (κ1) is 14.9. The summed E-state index contributed by atoms with van der Waals surface area (Å²) in [7, 11) is 0. The fraction of sp³-hybridized carbons (Fsp3) is 0.471. The largest absolute Gasteiger partial charge is 0.490 e. The van der Waals surface area contributed by atoms with Crippen LogP contribution in [0.3, 0.4) is 0 Å². The molecular weight excluding hydrogens is 278 g/mol. The van der Waals surface area contributed by atoms with Crippen molar-refractivity contribution in [1.82, 2.24) is 15.1 Å². The molecule has 1 aliphatic rings. The first-order valence-corrected chi connectivity index (χ1v) is 7.85. The summed E-state index contributed by atoms with van der Waals surface area (Å²) in [6.07, 6.45) is 4.73. The standard InChI is InChI=1S/C17H23N3O2/c1-13(14(2)20-9-4-8-19-20)18-12-15-6-3-7-16-17(15)22-11-5-10-21-16/h3-4,6-9,13-14,18H,5,10-12H2,1-2H3/t13-,14+/m1/s1. The lowest BCUT2D eigenvalue weighted by Crippen LogP contribution is -2.33. The van der Waals surface area contributed by atoms with Gasteiger partial charge in [0.2, 0.25) is 0 Å². The number of rotatable bonds is 5. The van der Waals surface area contributed by atoms with Crippen molar-refractivity contribution in [3.8, 4) is 11.5 Å². The number of ether oxygens (including phenoxy) is 2. The lowest BCUT2D eigenvalue weighted by atomic mass is 10.1. The maximum absolute atomic E-state index is 5.86. The van der Waals surface area contributed by atoms with Gasteiger partial charge in [0, 0.05) is 37.0 Å². The Morgan fingerprint density at radius 2 is 2.09 bits per heavy atom. The van der Waals surface area contributed by atoms with Gasteiger partial charge in [-0.05, 0) is 26.0 Å². The van der Waals surface area contributed by atoms with E-state index in [2.05, 4.69) is 30.3 Å². The molecule has 0 unspecified atom stereocenters. The van der Waals surface area contributed by atoms with Crippen molar-refractivity contribution in [3.05, 3.63) is 42.2 Å². The van der Waals surface area contributed by atoms with Crippen LogP contribution in [0.5, 0.6) is 11.5 Å². The maximum Gasteiger partial charge on any atom is 0.165 e. The van der Waals surface area contributed by atoms with Crippen LogP contribution in [0.25, 0.3) is 0 Å². The van der Waals surface area contributed by atoms with Crippen LogP contribution < -0.4 is 14.8 Å². The number of aromatic nitrogens is 2. The molecule has 5 nitrogen and oxygen atoms in total. The third-order valence-electron chi connectivity index (χ3n) is 4.13. The maximum atomic E-state index is 5.86. The zero-order valence-electron chi connectivity index (χ0n) is 13.2. The zero-order valence-corrected chi connectivity index (χ0v) is 13.2. The SMILES string of the molecule is C[C@@H](NCc1cccc2c1OCCCO2)[C@H](C)n1cccn1. The van der Waals surface area contributed by atoms with Gasteiger partial charge >= 0.3 is 0 Å². The van der Waals surface area contributed by atoms with E-state index in [9.17, 15) is 0 Å². The van der Waals surface area contributed by atoms with Crippen LogP contribution in [0.2, 0.25) is 0 Å². The first-order chi connectivity index (χ1) is 10.8. The number of hydrogen-bond acceptors (Lipinski definition) is 4. The van der Waals surface area contributed by atoms with Crippen LogP contribution in [-0.2, 0) is 6.54 Å². The second-order valence-corrected chi connectivity index (χ2v) is 5.69. The van der Waals surface area contributed by atoms with Gasteiger partial charge in [0.05, 0.1) is 19.3 Å². The molecule has 0 saturated carbocycles. The summed E-state index contributed by atoms with van der Waals surface area (Å²) in [6.45, 7) is 6.51. The Morgan fingerprint density at radius 3 is 2.91 bits per heavy atom. The van der Waals surface area contributed by atoms with Crippen molar-refractivity contribution < 1.29 is 9.47 Å². The molecular formula is C17H23N3O2. The number of nitrogens with zero attached hydrogens (tertiary/aromatic N) is 2. The van der Waals surface area contributed by atoms with E-state index < -0.39 is 0 Å². The molecule has 0 bridgehead atoms. The Labute approximate surface area is 131 Å². The molecule has 118 valence electrons. The lowest BCUT2D eigenvalue weighted by molar-refractivity contribution is 0.295. The van der Waals surface area contributed by atoms with Gasteiger partial charge in [0.25, 0.3) is 0 Å². The Balaban J connectivity index is 1.66.